The Morgan fingerprint density at radius 1 is 0.278 bits per heavy atom. The lowest BCUT2D eigenvalue weighted by molar-refractivity contribution is 0.607. The lowest BCUT2D eigenvalue weighted by atomic mass is 9.83. The largest absolute Gasteiger partial charge is 0.0654 e. The number of hydrogen-bond acceptors (Lipinski definition) is 0. The van der Waals surface area contributed by atoms with Crippen LogP contribution < -0.4 is 0 Å². The molecular weight excluding hydrogens is 649 g/mol. The number of hydrogen-bond donors (Lipinski definition) is 0. The summed E-state index contributed by atoms with van der Waals surface area (Å²) < 4.78 is 0. The Labute approximate surface area is 325 Å². The van der Waals surface area contributed by atoms with E-state index in [-0.39, 0.29) is 0 Å². The molecule has 0 atom stereocenters. The second kappa shape index (κ2) is 18.9. The zero-order valence-electron chi connectivity index (χ0n) is 32.8. The maximum Gasteiger partial charge on any atom is -0.00263 e. The van der Waals surface area contributed by atoms with E-state index in [1.165, 1.54) is 154 Å². The molecule has 0 unspecified atom stereocenters. The summed E-state index contributed by atoms with van der Waals surface area (Å²) in [5, 5.41) is 5.43. The molecule has 0 aliphatic heterocycles. The summed E-state index contributed by atoms with van der Waals surface area (Å²) in [4.78, 5) is 0. The van der Waals surface area contributed by atoms with E-state index in [4.69, 9.17) is 0 Å². The van der Waals surface area contributed by atoms with Gasteiger partial charge < -0.3 is 0 Å². The van der Waals surface area contributed by atoms with E-state index in [1.807, 2.05) is 0 Å². The van der Waals surface area contributed by atoms with Crippen molar-refractivity contribution in [2.45, 2.75) is 104 Å². The van der Waals surface area contributed by atoms with Gasteiger partial charge in [0.05, 0.1) is 0 Å². The highest BCUT2D eigenvalue weighted by Crippen LogP contribution is 2.45. The molecule has 0 heterocycles. The molecule has 0 aliphatic carbocycles. The number of unbranched alkanes of at least 4 members (excludes halogenated alkanes) is 10. The van der Waals surface area contributed by atoms with Gasteiger partial charge in [-0.25, -0.2) is 0 Å². The molecule has 0 heteroatoms. The molecule has 0 nitrogen and oxygen atoms in total. The van der Waals surface area contributed by atoms with E-state index in [2.05, 4.69) is 159 Å². The maximum atomic E-state index is 2.54. The first kappa shape index (κ1) is 37.4. The highest BCUT2D eigenvalue weighted by atomic mass is 14.2. The van der Waals surface area contributed by atoms with Crippen LogP contribution in [0.2, 0.25) is 0 Å². The van der Waals surface area contributed by atoms with E-state index >= 15 is 0 Å². The normalized spacial score (nSPS) is 11.4. The summed E-state index contributed by atoms with van der Waals surface area (Å²) in [6, 6.07) is 55.0. The Kier molecular flexibility index (Phi) is 13.1. The predicted molar refractivity (Wildman–Crippen MR) is 237 cm³/mol. The molecule has 0 bridgehead atoms. The highest BCUT2D eigenvalue weighted by Gasteiger charge is 2.18. The zero-order chi connectivity index (χ0) is 37.0. The third-order valence-corrected chi connectivity index (χ3v) is 11.4. The Hall–Kier alpha value is -4.94. The van der Waals surface area contributed by atoms with Crippen LogP contribution in [0.3, 0.4) is 0 Å². The molecular formula is C54H58. The van der Waals surface area contributed by atoms with E-state index in [9.17, 15) is 0 Å². The minimum atomic E-state index is 1.13. The van der Waals surface area contributed by atoms with Crippen LogP contribution in [0.25, 0.3) is 66.1 Å². The molecule has 0 N–H and O–H groups in total. The molecule has 7 aromatic rings. The third-order valence-electron chi connectivity index (χ3n) is 11.4. The molecule has 0 saturated heterocycles. The van der Waals surface area contributed by atoms with Gasteiger partial charge in [-0.3, -0.25) is 0 Å². The first-order valence-corrected chi connectivity index (χ1v) is 21.1. The van der Waals surface area contributed by atoms with Gasteiger partial charge in [-0.2, -0.15) is 0 Å². The SMILES string of the molecule is CCCCCCCCc1ccc2c(-c3ccc(-c4ccccc4)cc3)c3cc(CCCCCCCC)ccc3c(-c3ccc(-c4ccccc4)cc3)c2c1. The number of benzene rings is 7. The number of rotatable bonds is 18. The van der Waals surface area contributed by atoms with Gasteiger partial charge in [0.15, 0.2) is 0 Å². The summed E-state index contributed by atoms with van der Waals surface area (Å²) in [6.07, 6.45) is 18.1. The second-order valence-electron chi connectivity index (χ2n) is 15.4. The van der Waals surface area contributed by atoms with Crippen LogP contribution in [-0.2, 0) is 12.8 Å². The fraction of sp³-hybridized carbons (Fsp3) is 0.296. The van der Waals surface area contributed by atoms with Gasteiger partial charge in [0.25, 0.3) is 0 Å². The van der Waals surface area contributed by atoms with Gasteiger partial charge in [-0.15, -0.1) is 0 Å². The van der Waals surface area contributed by atoms with Crippen LogP contribution in [0, 0.1) is 0 Å². The molecule has 54 heavy (non-hydrogen) atoms. The molecule has 0 fully saturated rings. The van der Waals surface area contributed by atoms with Crippen molar-refractivity contribution in [2.24, 2.45) is 0 Å². The van der Waals surface area contributed by atoms with Gasteiger partial charge in [-0.05, 0) is 103 Å². The third kappa shape index (κ3) is 9.05. The Morgan fingerprint density at radius 3 is 1.00 bits per heavy atom. The minimum absolute atomic E-state index is 1.13. The van der Waals surface area contributed by atoms with Gasteiger partial charge >= 0.3 is 0 Å². The second-order valence-corrected chi connectivity index (χ2v) is 15.4. The molecule has 274 valence electrons. The first-order valence-electron chi connectivity index (χ1n) is 21.1. The van der Waals surface area contributed by atoms with Crippen LogP contribution >= 0.6 is 0 Å². The summed E-state index contributed by atoms with van der Waals surface area (Å²) in [6.45, 7) is 4.60. The van der Waals surface area contributed by atoms with Crippen LogP contribution in [0.1, 0.15) is 102 Å². The van der Waals surface area contributed by atoms with E-state index in [0.717, 1.165) is 12.8 Å². The molecule has 0 saturated carbocycles. The summed E-state index contributed by atoms with van der Waals surface area (Å²) in [7, 11) is 0. The number of aryl methyl sites for hydroxylation is 2. The Bertz CT molecular complexity index is 2040. The molecule has 0 amide bonds. The number of fused-ring (bicyclic) bond motifs is 2. The van der Waals surface area contributed by atoms with E-state index < -0.39 is 0 Å². The average Bonchev–Trinajstić information content (AvgIpc) is 3.23. The van der Waals surface area contributed by atoms with Crippen molar-refractivity contribution in [1.82, 2.24) is 0 Å². The fourth-order valence-corrected chi connectivity index (χ4v) is 8.39. The van der Waals surface area contributed by atoms with E-state index in [1.54, 1.807) is 0 Å². The minimum Gasteiger partial charge on any atom is -0.0654 e. The molecule has 0 radical (unpaired) electrons. The van der Waals surface area contributed by atoms with E-state index in [0.29, 0.717) is 0 Å². The van der Waals surface area contributed by atoms with Gasteiger partial charge in [-0.1, -0.05) is 224 Å². The van der Waals surface area contributed by atoms with Gasteiger partial charge in [0.1, 0.15) is 0 Å². The monoisotopic (exact) mass is 706 g/mol. The first-order chi connectivity index (χ1) is 26.7. The van der Waals surface area contributed by atoms with Crippen molar-refractivity contribution in [1.29, 1.82) is 0 Å². The smallest absolute Gasteiger partial charge is 0.00263 e. The van der Waals surface area contributed by atoms with Crippen molar-refractivity contribution in [3.63, 3.8) is 0 Å². The lowest BCUT2D eigenvalue weighted by Gasteiger charge is -2.20. The predicted octanol–water partition coefficient (Wildman–Crippen LogP) is 16.5. The van der Waals surface area contributed by atoms with Crippen molar-refractivity contribution in [3.8, 4) is 44.5 Å². The standard InChI is InChI=1S/C54H58/c1-3-5-7-9-11-15-21-41-27-37-49-51(39-41)53(47-33-29-45(30-34-47)43-23-17-13-18-24-43)50-38-28-42(22-16-12-10-8-6-4-2)40-52(50)54(49)48-35-31-46(32-36-48)44-25-19-14-20-26-44/h13-14,17-20,23-40H,3-12,15-16,21-22H2,1-2H3. The molecule has 0 aromatic heterocycles. The van der Waals surface area contributed by atoms with Crippen molar-refractivity contribution in [3.05, 3.63) is 157 Å². The van der Waals surface area contributed by atoms with Crippen molar-refractivity contribution < 1.29 is 0 Å². The van der Waals surface area contributed by atoms with Crippen LogP contribution in [-0.4, -0.2) is 0 Å². The maximum absolute atomic E-state index is 2.54. The lowest BCUT2D eigenvalue weighted by Crippen LogP contribution is -1.95. The molecule has 0 aliphatic rings. The van der Waals surface area contributed by atoms with Crippen LogP contribution in [0.4, 0.5) is 0 Å². The van der Waals surface area contributed by atoms with Crippen LogP contribution in [0.5, 0.6) is 0 Å². The summed E-state index contributed by atoms with van der Waals surface area (Å²) >= 11 is 0. The van der Waals surface area contributed by atoms with Gasteiger partial charge in [0, 0.05) is 0 Å². The average molecular weight is 707 g/mol. The Balaban J connectivity index is 1.36. The highest BCUT2D eigenvalue weighted by molar-refractivity contribution is 6.21. The fourth-order valence-electron chi connectivity index (χ4n) is 8.39. The quantitative estimate of drug-likeness (QED) is 0.0616. The molecule has 7 rings (SSSR count). The summed E-state index contributed by atoms with van der Waals surface area (Å²) in [5.74, 6) is 0. The molecule has 7 aromatic carbocycles. The molecule has 0 spiro atoms. The van der Waals surface area contributed by atoms with Crippen molar-refractivity contribution >= 4 is 21.5 Å². The van der Waals surface area contributed by atoms with Crippen LogP contribution in [0.15, 0.2) is 146 Å². The van der Waals surface area contributed by atoms with Gasteiger partial charge in [0.2, 0.25) is 0 Å². The summed E-state index contributed by atoms with van der Waals surface area (Å²) in [5.41, 5.74) is 13.2. The van der Waals surface area contributed by atoms with Crippen molar-refractivity contribution in [2.75, 3.05) is 0 Å². The topological polar surface area (TPSA) is 0 Å². The Morgan fingerprint density at radius 2 is 0.611 bits per heavy atom. The zero-order valence-corrected chi connectivity index (χ0v) is 32.8.